The van der Waals surface area contributed by atoms with E-state index in [1.165, 1.54) is 0 Å². The Morgan fingerprint density at radius 3 is 2.86 bits per heavy atom. The molecule has 0 radical (unpaired) electrons. The van der Waals surface area contributed by atoms with Crippen molar-refractivity contribution in [2.75, 3.05) is 6.61 Å². The maximum absolute atomic E-state index is 13.3. The normalized spacial score (nSPS) is 24.7. The standard InChI is InChI=1S/C11H11Cl2FN2O6/c12-8(13)10(19)22-5-1-7(21-6(5)3-17)16-2-4(14)9(18)15-11(16)20/h2,5-8,17H,1,3H2,(H,15,18,20)/t5-,6+,7+/m0/s1. The molecule has 11 heteroatoms. The molecule has 2 rings (SSSR count). The van der Waals surface area contributed by atoms with Crippen molar-refractivity contribution in [2.24, 2.45) is 0 Å². The second-order valence-electron chi connectivity index (χ2n) is 4.47. The van der Waals surface area contributed by atoms with E-state index >= 15 is 0 Å². The molecule has 1 saturated heterocycles. The zero-order chi connectivity index (χ0) is 16.4. The van der Waals surface area contributed by atoms with Crippen LogP contribution in [-0.2, 0) is 14.3 Å². The van der Waals surface area contributed by atoms with Crippen LogP contribution in [0.15, 0.2) is 15.8 Å². The van der Waals surface area contributed by atoms with Gasteiger partial charge < -0.3 is 14.6 Å². The highest BCUT2D eigenvalue weighted by Gasteiger charge is 2.39. The molecule has 2 heterocycles. The lowest BCUT2D eigenvalue weighted by Crippen LogP contribution is -2.34. The molecule has 1 aromatic heterocycles. The van der Waals surface area contributed by atoms with Crippen LogP contribution in [-0.4, -0.2) is 44.3 Å². The molecule has 0 spiro atoms. The number of rotatable bonds is 4. The van der Waals surface area contributed by atoms with Gasteiger partial charge in [-0.1, -0.05) is 23.2 Å². The monoisotopic (exact) mass is 356 g/mol. The van der Waals surface area contributed by atoms with E-state index < -0.39 is 52.9 Å². The van der Waals surface area contributed by atoms with Crippen LogP contribution in [0.5, 0.6) is 0 Å². The molecule has 0 bridgehead atoms. The lowest BCUT2D eigenvalue weighted by atomic mass is 10.2. The largest absolute Gasteiger partial charge is 0.457 e. The molecule has 0 unspecified atom stereocenters. The van der Waals surface area contributed by atoms with Gasteiger partial charge in [-0.05, 0) is 0 Å². The van der Waals surface area contributed by atoms with Crippen LogP contribution < -0.4 is 11.2 Å². The number of halogens is 3. The van der Waals surface area contributed by atoms with Crippen LogP contribution in [0.4, 0.5) is 4.39 Å². The van der Waals surface area contributed by atoms with Gasteiger partial charge in [0.15, 0.2) is 0 Å². The number of carbonyl (C=O) groups is 1. The summed E-state index contributed by atoms with van der Waals surface area (Å²) >= 11 is 10.7. The minimum atomic E-state index is -1.41. The molecular formula is C11H11Cl2FN2O6. The predicted molar refractivity (Wildman–Crippen MR) is 72.3 cm³/mol. The number of aliphatic hydroxyl groups excluding tert-OH is 1. The van der Waals surface area contributed by atoms with E-state index in [-0.39, 0.29) is 6.42 Å². The van der Waals surface area contributed by atoms with E-state index in [0.29, 0.717) is 6.20 Å². The Kier molecular flexibility index (Phi) is 5.22. The van der Waals surface area contributed by atoms with Crippen molar-refractivity contribution < 1.29 is 23.8 Å². The summed E-state index contributed by atoms with van der Waals surface area (Å²) in [4.78, 5) is 34.4. The molecule has 1 aliphatic heterocycles. The minimum absolute atomic E-state index is 0.0527. The number of alkyl halides is 2. The first-order chi connectivity index (χ1) is 10.3. The van der Waals surface area contributed by atoms with Crippen molar-refractivity contribution in [3.8, 4) is 0 Å². The fraction of sp³-hybridized carbons (Fsp3) is 0.545. The van der Waals surface area contributed by atoms with E-state index in [4.69, 9.17) is 32.7 Å². The summed E-state index contributed by atoms with van der Waals surface area (Å²) in [5, 5.41) is 9.22. The summed E-state index contributed by atoms with van der Waals surface area (Å²) in [5.41, 5.74) is -2.05. The van der Waals surface area contributed by atoms with E-state index in [1.54, 1.807) is 4.98 Å². The van der Waals surface area contributed by atoms with Gasteiger partial charge in [-0.15, -0.1) is 0 Å². The van der Waals surface area contributed by atoms with Gasteiger partial charge in [0.25, 0.3) is 5.56 Å². The number of aliphatic hydroxyl groups is 1. The first kappa shape index (κ1) is 16.9. The molecule has 1 aromatic rings. The summed E-state index contributed by atoms with van der Waals surface area (Å²) < 4.78 is 24.4. The Morgan fingerprint density at radius 2 is 2.27 bits per heavy atom. The third kappa shape index (κ3) is 3.49. The van der Waals surface area contributed by atoms with Crippen molar-refractivity contribution in [2.45, 2.75) is 29.7 Å². The lowest BCUT2D eigenvalue weighted by Gasteiger charge is -2.16. The Balaban J connectivity index is 2.22. The van der Waals surface area contributed by atoms with E-state index in [2.05, 4.69) is 0 Å². The zero-order valence-corrected chi connectivity index (χ0v) is 12.4. The average Bonchev–Trinajstić information content (AvgIpc) is 2.85. The van der Waals surface area contributed by atoms with Crippen LogP contribution in [0.3, 0.4) is 0 Å². The Morgan fingerprint density at radius 1 is 1.59 bits per heavy atom. The second kappa shape index (κ2) is 6.78. The van der Waals surface area contributed by atoms with Crippen LogP contribution in [0.25, 0.3) is 0 Å². The van der Waals surface area contributed by atoms with Crippen molar-refractivity contribution >= 4 is 29.2 Å². The molecule has 122 valence electrons. The molecule has 0 aliphatic carbocycles. The van der Waals surface area contributed by atoms with Gasteiger partial charge >= 0.3 is 11.7 Å². The Bertz CT molecular complexity index is 675. The fourth-order valence-electron chi connectivity index (χ4n) is 2.03. The minimum Gasteiger partial charge on any atom is -0.457 e. The van der Waals surface area contributed by atoms with E-state index in [0.717, 1.165) is 4.57 Å². The quantitative estimate of drug-likeness (QED) is 0.564. The summed E-state index contributed by atoms with van der Waals surface area (Å²) in [6, 6.07) is 0. The Labute approximate surface area is 132 Å². The summed E-state index contributed by atoms with van der Waals surface area (Å²) in [6.45, 7) is -0.510. The highest BCUT2D eigenvalue weighted by Crippen LogP contribution is 2.30. The van der Waals surface area contributed by atoms with Crippen molar-refractivity contribution in [1.82, 2.24) is 9.55 Å². The zero-order valence-electron chi connectivity index (χ0n) is 10.9. The van der Waals surface area contributed by atoms with Crippen LogP contribution >= 0.6 is 23.2 Å². The van der Waals surface area contributed by atoms with Gasteiger partial charge in [0.2, 0.25) is 10.7 Å². The van der Waals surface area contributed by atoms with Gasteiger partial charge in [0.05, 0.1) is 12.8 Å². The number of aromatic amines is 1. The molecule has 1 fully saturated rings. The second-order valence-corrected chi connectivity index (χ2v) is 5.56. The fourth-order valence-corrected chi connectivity index (χ4v) is 2.14. The maximum Gasteiger partial charge on any atom is 0.339 e. The summed E-state index contributed by atoms with van der Waals surface area (Å²) in [7, 11) is 0. The molecule has 8 nitrogen and oxygen atoms in total. The summed E-state index contributed by atoms with van der Waals surface area (Å²) in [5.74, 6) is -2.11. The summed E-state index contributed by atoms with van der Waals surface area (Å²) in [6.07, 6.45) is -2.27. The number of carbonyl (C=O) groups excluding carboxylic acids is 1. The number of hydrogen-bond acceptors (Lipinski definition) is 6. The highest BCUT2D eigenvalue weighted by molar-refractivity contribution is 6.52. The first-order valence-corrected chi connectivity index (χ1v) is 6.96. The third-order valence-corrected chi connectivity index (χ3v) is 3.40. The van der Waals surface area contributed by atoms with Gasteiger partial charge in [0.1, 0.15) is 18.4 Å². The smallest absolute Gasteiger partial charge is 0.339 e. The van der Waals surface area contributed by atoms with Crippen LogP contribution in [0.1, 0.15) is 12.6 Å². The lowest BCUT2D eigenvalue weighted by molar-refractivity contribution is -0.151. The third-order valence-electron chi connectivity index (χ3n) is 3.04. The van der Waals surface area contributed by atoms with Crippen LogP contribution in [0, 0.1) is 5.82 Å². The molecule has 0 amide bonds. The number of ether oxygens (including phenoxy) is 2. The molecule has 2 N–H and O–H groups in total. The molecule has 1 aliphatic rings. The van der Waals surface area contributed by atoms with Gasteiger partial charge in [-0.2, -0.15) is 4.39 Å². The molecule has 22 heavy (non-hydrogen) atoms. The number of nitrogens with one attached hydrogen (secondary N) is 1. The van der Waals surface area contributed by atoms with Crippen LogP contribution in [0.2, 0.25) is 0 Å². The van der Waals surface area contributed by atoms with Crippen molar-refractivity contribution in [3.05, 3.63) is 32.9 Å². The van der Waals surface area contributed by atoms with E-state index in [1.807, 2.05) is 0 Å². The Hall–Kier alpha value is -1.42. The van der Waals surface area contributed by atoms with Gasteiger partial charge in [-0.3, -0.25) is 14.3 Å². The van der Waals surface area contributed by atoms with E-state index in [9.17, 15) is 23.9 Å². The first-order valence-electron chi connectivity index (χ1n) is 6.09. The van der Waals surface area contributed by atoms with Gasteiger partial charge in [0, 0.05) is 6.42 Å². The molecular weight excluding hydrogens is 346 g/mol. The highest BCUT2D eigenvalue weighted by atomic mass is 35.5. The molecule has 3 atom stereocenters. The number of nitrogens with zero attached hydrogens (tertiary/aromatic N) is 1. The number of H-pyrrole nitrogens is 1. The molecule has 0 aromatic carbocycles. The number of esters is 1. The SMILES string of the molecule is O=C(O[C@H]1C[C@H](n2cc(F)c(=O)[nH]c2=O)O[C@@H]1CO)C(Cl)Cl. The predicted octanol–water partition coefficient (Wildman–Crippen LogP) is -0.329. The number of aromatic nitrogens is 2. The van der Waals surface area contributed by atoms with Crippen molar-refractivity contribution in [1.29, 1.82) is 0 Å². The molecule has 0 saturated carbocycles. The average molecular weight is 357 g/mol. The number of hydrogen-bond donors (Lipinski definition) is 2. The topological polar surface area (TPSA) is 111 Å². The van der Waals surface area contributed by atoms with Crippen molar-refractivity contribution in [3.63, 3.8) is 0 Å². The van der Waals surface area contributed by atoms with Gasteiger partial charge in [-0.25, -0.2) is 9.59 Å². The maximum atomic E-state index is 13.3.